The van der Waals surface area contributed by atoms with E-state index in [4.69, 9.17) is 0 Å². The predicted octanol–water partition coefficient (Wildman–Crippen LogP) is 3.65. The second-order valence-corrected chi connectivity index (χ2v) is 5.59. The van der Waals surface area contributed by atoms with Crippen molar-refractivity contribution in [1.29, 1.82) is 0 Å². The second-order valence-electron chi connectivity index (χ2n) is 5.59. The lowest BCUT2D eigenvalue weighted by molar-refractivity contribution is -0.115. The van der Waals surface area contributed by atoms with Crippen molar-refractivity contribution >= 4 is 23.2 Å². The van der Waals surface area contributed by atoms with Gasteiger partial charge in [0, 0.05) is 23.8 Å². The highest BCUT2D eigenvalue weighted by molar-refractivity contribution is 6.04. The first-order valence-electron chi connectivity index (χ1n) is 7.96. The van der Waals surface area contributed by atoms with E-state index in [1.165, 1.54) is 12.3 Å². The Morgan fingerprint density at radius 2 is 1.69 bits per heavy atom. The molecule has 1 heterocycles. The van der Waals surface area contributed by atoms with E-state index in [0.717, 1.165) is 0 Å². The Labute approximate surface area is 149 Å². The summed E-state index contributed by atoms with van der Waals surface area (Å²) in [7, 11) is 0. The van der Waals surface area contributed by atoms with E-state index in [1.54, 1.807) is 60.8 Å². The summed E-state index contributed by atoms with van der Waals surface area (Å²) in [5.74, 6) is -1.06. The standard InChI is InChI=1S/C20H16FN3O2/c21-18-9-2-1-5-14(18)11-19(25)23-16-7-3-8-17(12-16)24-20(26)15-6-4-10-22-13-15/h1-10,12-13H,11H2,(H,23,25)(H,24,26). The first kappa shape index (κ1) is 17.3. The van der Waals surface area contributed by atoms with Crippen LogP contribution in [-0.2, 0) is 11.2 Å². The molecule has 3 rings (SSSR count). The molecule has 130 valence electrons. The average molecular weight is 349 g/mol. The summed E-state index contributed by atoms with van der Waals surface area (Å²) in [5, 5.41) is 5.44. The maximum atomic E-state index is 13.6. The Kier molecular flexibility index (Phi) is 5.34. The number of pyridine rings is 1. The Bertz CT molecular complexity index is 929. The molecule has 3 aromatic rings. The molecule has 0 bridgehead atoms. The maximum absolute atomic E-state index is 13.6. The van der Waals surface area contributed by atoms with Gasteiger partial charge in [-0.25, -0.2) is 4.39 Å². The van der Waals surface area contributed by atoms with Crippen molar-refractivity contribution in [2.75, 3.05) is 10.6 Å². The van der Waals surface area contributed by atoms with Crippen LogP contribution in [-0.4, -0.2) is 16.8 Å². The number of halogens is 1. The molecule has 0 aliphatic carbocycles. The van der Waals surface area contributed by atoms with Gasteiger partial charge in [-0.05, 0) is 42.0 Å². The van der Waals surface area contributed by atoms with E-state index < -0.39 is 5.82 Å². The normalized spacial score (nSPS) is 10.2. The molecule has 6 heteroatoms. The van der Waals surface area contributed by atoms with Crippen LogP contribution in [0.2, 0.25) is 0 Å². The fraction of sp³-hybridized carbons (Fsp3) is 0.0500. The van der Waals surface area contributed by atoms with E-state index in [2.05, 4.69) is 15.6 Å². The lowest BCUT2D eigenvalue weighted by Gasteiger charge is -2.09. The van der Waals surface area contributed by atoms with E-state index in [0.29, 0.717) is 22.5 Å². The minimum atomic E-state index is -0.417. The van der Waals surface area contributed by atoms with Gasteiger partial charge in [-0.3, -0.25) is 14.6 Å². The fourth-order valence-corrected chi connectivity index (χ4v) is 2.39. The molecule has 0 atom stereocenters. The smallest absolute Gasteiger partial charge is 0.257 e. The van der Waals surface area contributed by atoms with Crippen molar-refractivity contribution in [1.82, 2.24) is 4.98 Å². The first-order valence-corrected chi connectivity index (χ1v) is 7.96. The van der Waals surface area contributed by atoms with Gasteiger partial charge < -0.3 is 10.6 Å². The van der Waals surface area contributed by atoms with E-state index in [9.17, 15) is 14.0 Å². The summed E-state index contributed by atoms with van der Waals surface area (Å²) in [4.78, 5) is 28.2. The molecular weight excluding hydrogens is 333 g/mol. The number of carbonyl (C=O) groups is 2. The van der Waals surface area contributed by atoms with Crippen LogP contribution in [0.3, 0.4) is 0 Å². The zero-order chi connectivity index (χ0) is 18.4. The average Bonchev–Trinajstić information content (AvgIpc) is 2.64. The number of nitrogens with zero attached hydrogens (tertiary/aromatic N) is 1. The van der Waals surface area contributed by atoms with Crippen LogP contribution in [0.4, 0.5) is 15.8 Å². The summed E-state index contributed by atoms with van der Waals surface area (Å²) in [6, 6.07) is 16.2. The summed E-state index contributed by atoms with van der Waals surface area (Å²) >= 11 is 0. The van der Waals surface area contributed by atoms with Crippen molar-refractivity contribution in [3.05, 3.63) is 90.0 Å². The third-order valence-electron chi connectivity index (χ3n) is 3.64. The number of benzene rings is 2. The molecule has 2 amide bonds. The topological polar surface area (TPSA) is 71.1 Å². The fourth-order valence-electron chi connectivity index (χ4n) is 2.39. The van der Waals surface area contributed by atoms with Crippen LogP contribution >= 0.6 is 0 Å². The van der Waals surface area contributed by atoms with E-state index in [1.807, 2.05) is 0 Å². The maximum Gasteiger partial charge on any atom is 0.257 e. The van der Waals surface area contributed by atoms with Crippen LogP contribution in [0, 0.1) is 5.82 Å². The highest BCUT2D eigenvalue weighted by Gasteiger charge is 2.09. The summed E-state index contributed by atoms with van der Waals surface area (Å²) in [6.45, 7) is 0. The number of amides is 2. The van der Waals surface area contributed by atoms with Gasteiger partial charge in [-0.1, -0.05) is 24.3 Å². The SMILES string of the molecule is O=C(Cc1ccccc1F)Nc1cccc(NC(=O)c2cccnc2)c1. The molecule has 5 nitrogen and oxygen atoms in total. The molecule has 0 unspecified atom stereocenters. The van der Waals surface area contributed by atoms with Crippen molar-refractivity contribution in [2.45, 2.75) is 6.42 Å². The van der Waals surface area contributed by atoms with Gasteiger partial charge in [0.25, 0.3) is 5.91 Å². The van der Waals surface area contributed by atoms with Gasteiger partial charge in [0.1, 0.15) is 5.82 Å². The molecule has 1 aromatic heterocycles. The number of hydrogen-bond donors (Lipinski definition) is 2. The van der Waals surface area contributed by atoms with E-state index >= 15 is 0 Å². The lowest BCUT2D eigenvalue weighted by Crippen LogP contribution is -2.16. The largest absolute Gasteiger partial charge is 0.326 e. The molecular formula is C20H16FN3O2. The number of anilines is 2. The molecule has 2 N–H and O–H groups in total. The molecule has 0 saturated heterocycles. The van der Waals surface area contributed by atoms with Gasteiger partial charge in [-0.15, -0.1) is 0 Å². The highest BCUT2D eigenvalue weighted by Crippen LogP contribution is 2.17. The van der Waals surface area contributed by atoms with Crippen molar-refractivity contribution < 1.29 is 14.0 Å². The monoisotopic (exact) mass is 349 g/mol. The molecule has 0 saturated carbocycles. The van der Waals surface area contributed by atoms with Crippen molar-refractivity contribution in [3.63, 3.8) is 0 Å². The number of hydrogen-bond acceptors (Lipinski definition) is 3. The number of rotatable bonds is 5. The molecule has 2 aromatic carbocycles. The number of nitrogens with one attached hydrogen (secondary N) is 2. The van der Waals surface area contributed by atoms with Crippen LogP contribution in [0.1, 0.15) is 15.9 Å². The molecule has 0 aliphatic heterocycles. The number of carbonyl (C=O) groups excluding carboxylic acids is 2. The highest BCUT2D eigenvalue weighted by atomic mass is 19.1. The van der Waals surface area contributed by atoms with Crippen molar-refractivity contribution in [3.8, 4) is 0 Å². The van der Waals surface area contributed by atoms with Gasteiger partial charge >= 0.3 is 0 Å². The minimum Gasteiger partial charge on any atom is -0.326 e. The van der Waals surface area contributed by atoms with Crippen LogP contribution in [0.25, 0.3) is 0 Å². The van der Waals surface area contributed by atoms with Gasteiger partial charge in [0.05, 0.1) is 12.0 Å². The molecule has 0 spiro atoms. The van der Waals surface area contributed by atoms with Gasteiger partial charge in [0.15, 0.2) is 0 Å². The Morgan fingerprint density at radius 1 is 0.923 bits per heavy atom. The van der Waals surface area contributed by atoms with Gasteiger partial charge in [-0.2, -0.15) is 0 Å². The minimum absolute atomic E-state index is 0.0705. The van der Waals surface area contributed by atoms with Crippen molar-refractivity contribution in [2.24, 2.45) is 0 Å². The third-order valence-corrected chi connectivity index (χ3v) is 3.64. The quantitative estimate of drug-likeness (QED) is 0.738. The first-order chi connectivity index (χ1) is 12.6. The molecule has 0 fully saturated rings. The predicted molar refractivity (Wildman–Crippen MR) is 97.4 cm³/mol. The zero-order valence-corrected chi connectivity index (χ0v) is 13.8. The third kappa shape index (κ3) is 4.51. The Hall–Kier alpha value is -3.54. The lowest BCUT2D eigenvalue weighted by atomic mass is 10.1. The van der Waals surface area contributed by atoms with Crippen LogP contribution in [0.15, 0.2) is 73.1 Å². The Morgan fingerprint density at radius 3 is 2.42 bits per heavy atom. The summed E-state index contributed by atoms with van der Waals surface area (Å²) in [6.07, 6.45) is 2.98. The molecule has 0 aliphatic rings. The molecule has 0 radical (unpaired) electrons. The second kappa shape index (κ2) is 8.02. The van der Waals surface area contributed by atoms with E-state index in [-0.39, 0.29) is 18.2 Å². The summed E-state index contributed by atoms with van der Waals surface area (Å²) in [5.41, 5.74) is 1.80. The summed E-state index contributed by atoms with van der Waals surface area (Å²) < 4.78 is 13.6. The molecule has 26 heavy (non-hydrogen) atoms. The zero-order valence-electron chi connectivity index (χ0n) is 13.8. The van der Waals surface area contributed by atoms with Crippen LogP contribution in [0.5, 0.6) is 0 Å². The van der Waals surface area contributed by atoms with Crippen LogP contribution < -0.4 is 10.6 Å². The Balaban J connectivity index is 1.65. The number of aromatic nitrogens is 1. The van der Waals surface area contributed by atoms with Gasteiger partial charge in [0.2, 0.25) is 5.91 Å².